The van der Waals surface area contributed by atoms with Crippen molar-refractivity contribution in [2.45, 2.75) is 25.9 Å². The Labute approximate surface area is 139 Å². The molecule has 0 heterocycles. The van der Waals surface area contributed by atoms with Crippen molar-refractivity contribution in [1.82, 2.24) is 0 Å². The second kappa shape index (κ2) is 5.42. The van der Waals surface area contributed by atoms with E-state index in [2.05, 4.69) is 12.1 Å². The van der Waals surface area contributed by atoms with E-state index in [1.165, 1.54) is 22.6 Å². The third-order valence-electron chi connectivity index (χ3n) is 5.04. The highest BCUT2D eigenvalue weighted by atomic mass is 16.6. The minimum atomic E-state index is -0.880. The van der Waals surface area contributed by atoms with E-state index < -0.39 is 11.0 Å². The Morgan fingerprint density at radius 2 is 1.71 bits per heavy atom. The Morgan fingerprint density at radius 3 is 2.46 bits per heavy atom. The van der Waals surface area contributed by atoms with Crippen molar-refractivity contribution in [2.24, 2.45) is 0 Å². The second-order valence-electron chi connectivity index (χ2n) is 6.30. The first-order valence-electron chi connectivity index (χ1n) is 8.03. The number of hydrogen-bond acceptors (Lipinski definition) is 3. The summed E-state index contributed by atoms with van der Waals surface area (Å²) in [4.78, 5) is 10.8. The monoisotopic (exact) mass is 319 g/mol. The minimum absolute atomic E-state index is 0.0393. The number of aliphatic hydroxyl groups excluding tert-OH is 1. The number of nitrogens with zero attached hydrogens (tertiary/aromatic N) is 1. The molecule has 0 fully saturated rings. The average Bonchev–Trinajstić information content (AvgIpc) is 3.00. The Kier molecular flexibility index (Phi) is 3.36. The third-order valence-corrected chi connectivity index (χ3v) is 5.04. The van der Waals surface area contributed by atoms with Gasteiger partial charge in [0.1, 0.15) is 6.10 Å². The van der Waals surface area contributed by atoms with Crippen LogP contribution < -0.4 is 0 Å². The van der Waals surface area contributed by atoms with Gasteiger partial charge in [-0.25, -0.2) is 0 Å². The molecule has 3 aromatic rings. The van der Waals surface area contributed by atoms with Crippen molar-refractivity contribution in [2.75, 3.05) is 0 Å². The molecule has 120 valence electrons. The number of hydrogen-bond donors (Lipinski definition) is 1. The number of rotatable bonds is 3. The predicted molar refractivity (Wildman–Crippen MR) is 93.3 cm³/mol. The number of nitro benzene ring substituents is 1. The van der Waals surface area contributed by atoms with Crippen LogP contribution in [0.25, 0.3) is 10.8 Å². The van der Waals surface area contributed by atoms with Gasteiger partial charge in [-0.3, -0.25) is 10.1 Å². The fraction of sp³-hybridized carbons (Fsp3) is 0.200. The van der Waals surface area contributed by atoms with E-state index in [1.54, 1.807) is 19.1 Å². The molecule has 3 aromatic carbocycles. The third kappa shape index (κ3) is 2.11. The van der Waals surface area contributed by atoms with Crippen LogP contribution in [0.3, 0.4) is 0 Å². The number of benzene rings is 3. The molecule has 0 bridgehead atoms. The molecule has 0 unspecified atom stereocenters. The molecule has 4 heteroatoms. The molecule has 1 aliphatic rings. The minimum Gasteiger partial charge on any atom is -0.384 e. The first kappa shape index (κ1) is 14.8. The lowest BCUT2D eigenvalue weighted by Crippen LogP contribution is -2.05. The SMILES string of the molecule is Cc1c([C@@H](O)c2ccc3c4c(cccc24)CC3)cccc1[N+](=O)[O-]. The van der Waals surface area contributed by atoms with Crippen LogP contribution in [-0.4, -0.2) is 10.0 Å². The van der Waals surface area contributed by atoms with Crippen molar-refractivity contribution >= 4 is 16.5 Å². The second-order valence-corrected chi connectivity index (χ2v) is 6.30. The number of nitro groups is 1. The average molecular weight is 319 g/mol. The van der Waals surface area contributed by atoms with Gasteiger partial charge in [0.05, 0.1) is 4.92 Å². The smallest absolute Gasteiger partial charge is 0.272 e. The number of aryl methyl sites for hydroxylation is 2. The zero-order valence-corrected chi connectivity index (χ0v) is 13.3. The van der Waals surface area contributed by atoms with E-state index in [-0.39, 0.29) is 5.69 Å². The fourth-order valence-electron chi connectivity index (χ4n) is 3.81. The predicted octanol–water partition coefficient (Wildman–Crippen LogP) is 4.24. The van der Waals surface area contributed by atoms with Crippen LogP contribution in [0.1, 0.15) is 33.9 Å². The van der Waals surface area contributed by atoms with Gasteiger partial charge in [-0.15, -0.1) is 0 Å². The molecule has 0 radical (unpaired) electrons. The molecular weight excluding hydrogens is 302 g/mol. The summed E-state index contributed by atoms with van der Waals surface area (Å²) in [6.07, 6.45) is 1.18. The first-order valence-corrected chi connectivity index (χ1v) is 8.03. The van der Waals surface area contributed by atoms with Crippen LogP contribution in [0, 0.1) is 17.0 Å². The standard InChI is InChI=1S/C20H17NO3/c1-12-15(5-3-7-18(12)21(23)24)20(22)17-11-10-14-9-8-13-4-2-6-16(17)19(13)14/h2-7,10-11,20,22H,8-9H2,1H3/t20-/m1/s1. The maximum Gasteiger partial charge on any atom is 0.272 e. The van der Waals surface area contributed by atoms with Gasteiger partial charge in [-0.05, 0) is 52.8 Å². The van der Waals surface area contributed by atoms with Crippen molar-refractivity contribution < 1.29 is 10.0 Å². The van der Waals surface area contributed by atoms with Crippen LogP contribution in [0.15, 0.2) is 48.5 Å². The quantitative estimate of drug-likeness (QED) is 0.580. The molecule has 0 saturated heterocycles. The van der Waals surface area contributed by atoms with Gasteiger partial charge in [0.25, 0.3) is 5.69 Å². The Morgan fingerprint density at radius 1 is 1.00 bits per heavy atom. The lowest BCUT2D eigenvalue weighted by atomic mass is 9.91. The molecule has 0 aromatic heterocycles. The van der Waals surface area contributed by atoms with Gasteiger partial charge in [0, 0.05) is 11.6 Å². The van der Waals surface area contributed by atoms with Gasteiger partial charge in [0.2, 0.25) is 0 Å². The summed E-state index contributed by atoms with van der Waals surface area (Å²) in [6, 6.07) is 15.1. The summed E-state index contributed by atoms with van der Waals surface area (Å²) >= 11 is 0. The van der Waals surface area contributed by atoms with Crippen molar-refractivity contribution in [3.05, 3.63) is 86.5 Å². The summed E-state index contributed by atoms with van der Waals surface area (Å²) < 4.78 is 0. The number of aliphatic hydroxyl groups is 1. The van der Waals surface area contributed by atoms with Crippen LogP contribution in [0.5, 0.6) is 0 Å². The van der Waals surface area contributed by atoms with E-state index in [0.29, 0.717) is 11.1 Å². The Hall–Kier alpha value is -2.72. The normalized spacial score (nSPS) is 14.1. The summed E-state index contributed by atoms with van der Waals surface area (Å²) in [5.74, 6) is 0. The molecule has 0 amide bonds. The molecule has 0 spiro atoms. The van der Waals surface area contributed by atoms with E-state index in [0.717, 1.165) is 23.8 Å². The summed E-state index contributed by atoms with van der Waals surface area (Å²) in [6.45, 7) is 1.69. The largest absolute Gasteiger partial charge is 0.384 e. The lowest BCUT2D eigenvalue weighted by Gasteiger charge is -2.17. The zero-order valence-electron chi connectivity index (χ0n) is 13.3. The maximum absolute atomic E-state index is 11.2. The van der Waals surface area contributed by atoms with Gasteiger partial charge >= 0.3 is 0 Å². The van der Waals surface area contributed by atoms with Gasteiger partial charge < -0.3 is 5.11 Å². The van der Waals surface area contributed by atoms with E-state index in [1.807, 2.05) is 18.2 Å². The Balaban J connectivity index is 1.91. The highest BCUT2D eigenvalue weighted by Crippen LogP contribution is 2.38. The molecule has 1 atom stereocenters. The molecule has 4 rings (SSSR count). The van der Waals surface area contributed by atoms with E-state index in [4.69, 9.17) is 0 Å². The van der Waals surface area contributed by atoms with Crippen molar-refractivity contribution in [3.63, 3.8) is 0 Å². The van der Waals surface area contributed by atoms with Crippen molar-refractivity contribution in [3.8, 4) is 0 Å². The topological polar surface area (TPSA) is 63.4 Å². The van der Waals surface area contributed by atoms with E-state index >= 15 is 0 Å². The summed E-state index contributed by atoms with van der Waals surface area (Å²) in [7, 11) is 0. The van der Waals surface area contributed by atoms with Crippen LogP contribution in [-0.2, 0) is 12.8 Å². The molecule has 4 nitrogen and oxygen atoms in total. The van der Waals surface area contributed by atoms with Crippen LogP contribution >= 0.6 is 0 Å². The molecule has 1 aliphatic carbocycles. The van der Waals surface area contributed by atoms with Crippen molar-refractivity contribution in [1.29, 1.82) is 0 Å². The van der Waals surface area contributed by atoms with Gasteiger partial charge in [-0.1, -0.05) is 42.5 Å². The molecule has 24 heavy (non-hydrogen) atoms. The molecule has 0 saturated carbocycles. The molecular formula is C20H17NO3. The maximum atomic E-state index is 11.2. The molecule has 1 N–H and O–H groups in total. The summed E-state index contributed by atoms with van der Waals surface area (Å²) in [5.41, 5.74) is 4.57. The Bertz CT molecular complexity index is 968. The first-order chi connectivity index (χ1) is 11.6. The van der Waals surface area contributed by atoms with Gasteiger partial charge in [0.15, 0.2) is 0 Å². The zero-order chi connectivity index (χ0) is 16.8. The van der Waals surface area contributed by atoms with Crippen LogP contribution in [0.4, 0.5) is 5.69 Å². The molecule has 0 aliphatic heterocycles. The lowest BCUT2D eigenvalue weighted by molar-refractivity contribution is -0.385. The van der Waals surface area contributed by atoms with E-state index in [9.17, 15) is 15.2 Å². The van der Waals surface area contributed by atoms with Crippen LogP contribution in [0.2, 0.25) is 0 Å². The highest BCUT2D eigenvalue weighted by molar-refractivity contribution is 5.93. The fourth-order valence-corrected chi connectivity index (χ4v) is 3.81. The van der Waals surface area contributed by atoms with Gasteiger partial charge in [-0.2, -0.15) is 0 Å². The summed E-state index contributed by atoms with van der Waals surface area (Å²) in [5, 5.41) is 24.4. The highest BCUT2D eigenvalue weighted by Gasteiger charge is 2.23.